The van der Waals surface area contributed by atoms with Gasteiger partial charge >= 0.3 is 0 Å². The first-order valence-corrected chi connectivity index (χ1v) is 11.5. The summed E-state index contributed by atoms with van der Waals surface area (Å²) >= 11 is 0. The van der Waals surface area contributed by atoms with Gasteiger partial charge in [-0.15, -0.1) is 24.0 Å². The largest absolute Gasteiger partial charge is 0.377 e. The Balaban J connectivity index is 0.00000231. The van der Waals surface area contributed by atoms with Crippen LogP contribution in [0, 0.1) is 11.3 Å². The number of amides is 1. The molecule has 3 heterocycles. The summed E-state index contributed by atoms with van der Waals surface area (Å²) in [6.45, 7) is 8.17. The van der Waals surface area contributed by atoms with Crippen molar-refractivity contribution in [3.05, 3.63) is 29.8 Å². The molecule has 31 heavy (non-hydrogen) atoms. The van der Waals surface area contributed by atoms with Crippen LogP contribution in [0.2, 0.25) is 0 Å². The van der Waals surface area contributed by atoms with Gasteiger partial charge in [0.1, 0.15) is 0 Å². The third-order valence-corrected chi connectivity index (χ3v) is 7.84. The maximum atomic E-state index is 12.0. The maximum absolute atomic E-state index is 12.0. The Labute approximate surface area is 202 Å². The molecule has 1 N–H and O–H groups in total. The third-order valence-electron chi connectivity index (χ3n) is 7.84. The molecule has 4 aliphatic rings. The highest BCUT2D eigenvalue weighted by molar-refractivity contribution is 14.0. The third kappa shape index (κ3) is 3.86. The van der Waals surface area contributed by atoms with Crippen LogP contribution in [0.15, 0.2) is 29.3 Å². The number of halogens is 1. The fourth-order valence-electron chi connectivity index (χ4n) is 6.21. The number of para-hydroxylation sites is 1. The van der Waals surface area contributed by atoms with E-state index in [2.05, 4.69) is 53.3 Å². The molecule has 7 heteroatoms. The van der Waals surface area contributed by atoms with Crippen LogP contribution < -0.4 is 10.2 Å². The molecule has 4 atom stereocenters. The fraction of sp³-hybridized carbons (Fsp3) is 0.667. The van der Waals surface area contributed by atoms with Crippen molar-refractivity contribution in [3.63, 3.8) is 0 Å². The fourth-order valence-corrected chi connectivity index (χ4v) is 6.21. The molecule has 0 bridgehead atoms. The molecule has 0 aromatic heterocycles. The number of fused-ring (bicyclic) bond motifs is 2. The van der Waals surface area contributed by atoms with Gasteiger partial charge in [0.25, 0.3) is 0 Å². The first kappa shape index (κ1) is 22.8. The van der Waals surface area contributed by atoms with E-state index in [1.54, 1.807) is 0 Å². The monoisotopic (exact) mass is 538 g/mol. The second-order valence-electron chi connectivity index (χ2n) is 9.87. The van der Waals surface area contributed by atoms with Gasteiger partial charge in [0, 0.05) is 68.7 Å². The number of nitrogens with one attached hydrogen (secondary N) is 1. The van der Waals surface area contributed by atoms with Crippen molar-refractivity contribution < 1.29 is 9.53 Å². The van der Waals surface area contributed by atoms with E-state index in [1.807, 2.05) is 11.9 Å². The summed E-state index contributed by atoms with van der Waals surface area (Å²) in [4.78, 5) is 21.1. The zero-order chi connectivity index (χ0) is 20.9. The normalized spacial score (nSPS) is 31.2. The second kappa shape index (κ2) is 8.89. The number of nitrogens with zero attached hydrogens (tertiary/aromatic N) is 3. The zero-order valence-electron chi connectivity index (χ0n) is 18.8. The van der Waals surface area contributed by atoms with E-state index in [9.17, 15) is 4.79 Å². The number of aliphatic imine (C=N–C) groups is 1. The molecule has 3 fully saturated rings. The minimum absolute atomic E-state index is 0. The Hall–Kier alpha value is -1.35. The predicted octanol–water partition coefficient (Wildman–Crippen LogP) is 3.61. The molecule has 0 spiro atoms. The molecule has 3 aliphatic heterocycles. The molecule has 170 valence electrons. The molecular formula is C24H35IN4O2. The summed E-state index contributed by atoms with van der Waals surface area (Å²) in [7, 11) is 1.88. The van der Waals surface area contributed by atoms with Crippen LogP contribution in [-0.2, 0) is 9.53 Å². The van der Waals surface area contributed by atoms with Gasteiger partial charge in [0.2, 0.25) is 5.91 Å². The Morgan fingerprint density at radius 2 is 2.13 bits per heavy atom. The first-order valence-electron chi connectivity index (χ1n) is 11.5. The van der Waals surface area contributed by atoms with Crippen LogP contribution in [0.5, 0.6) is 0 Å². The van der Waals surface area contributed by atoms with E-state index in [0.717, 1.165) is 51.5 Å². The number of likely N-dealkylation sites (tertiary alicyclic amines) is 1. The number of hydrogen-bond donors (Lipinski definition) is 1. The number of hydrogen-bond acceptors (Lipinski definition) is 3. The molecule has 0 radical (unpaired) electrons. The van der Waals surface area contributed by atoms with Crippen molar-refractivity contribution in [1.82, 2.24) is 10.2 Å². The highest BCUT2D eigenvalue weighted by atomic mass is 127. The number of anilines is 1. The molecule has 1 aliphatic carbocycles. The van der Waals surface area contributed by atoms with Gasteiger partial charge < -0.3 is 19.9 Å². The molecule has 1 saturated carbocycles. The van der Waals surface area contributed by atoms with E-state index in [0.29, 0.717) is 36.3 Å². The summed E-state index contributed by atoms with van der Waals surface area (Å²) in [5.74, 6) is 2.28. The van der Waals surface area contributed by atoms with Crippen molar-refractivity contribution in [3.8, 4) is 0 Å². The molecule has 2 saturated heterocycles. The molecule has 4 unspecified atom stereocenters. The van der Waals surface area contributed by atoms with Crippen molar-refractivity contribution in [2.75, 3.05) is 38.2 Å². The second-order valence-corrected chi connectivity index (χ2v) is 9.87. The quantitative estimate of drug-likeness (QED) is 0.362. The Bertz CT molecular complexity index is 858. The predicted molar refractivity (Wildman–Crippen MR) is 134 cm³/mol. The van der Waals surface area contributed by atoms with Crippen molar-refractivity contribution in [1.29, 1.82) is 0 Å². The SMILES string of the molecule is CN=C(NC1C2CCOC2C1(C)C)N1CC(CCN2CCCC2=O)c2ccccc21.I. The summed E-state index contributed by atoms with van der Waals surface area (Å²) in [6, 6.07) is 9.07. The lowest BCUT2D eigenvalue weighted by Gasteiger charge is -2.55. The smallest absolute Gasteiger partial charge is 0.222 e. The number of carbonyl (C=O) groups is 1. The highest BCUT2D eigenvalue weighted by Crippen LogP contribution is 2.52. The number of guanidine groups is 1. The molecule has 1 aromatic carbocycles. The van der Waals surface area contributed by atoms with Gasteiger partial charge in [-0.05, 0) is 30.9 Å². The highest BCUT2D eigenvalue weighted by Gasteiger charge is 2.59. The van der Waals surface area contributed by atoms with E-state index in [1.165, 1.54) is 11.3 Å². The van der Waals surface area contributed by atoms with Gasteiger partial charge in [-0.25, -0.2) is 0 Å². The summed E-state index contributed by atoms with van der Waals surface area (Å²) in [5, 5.41) is 3.80. The van der Waals surface area contributed by atoms with E-state index in [-0.39, 0.29) is 29.4 Å². The maximum Gasteiger partial charge on any atom is 0.222 e. The molecule has 1 amide bonds. The number of benzene rings is 1. The van der Waals surface area contributed by atoms with Crippen LogP contribution in [0.3, 0.4) is 0 Å². The van der Waals surface area contributed by atoms with Gasteiger partial charge in [-0.3, -0.25) is 9.79 Å². The first-order chi connectivity index (χ1) is 14.5. The minimum atomic E-state index is 0. The van der Waals surface area contributed by atoms with Crippen molar-refractivity contribution in [2.45, 2.75) is 57.6 Å². The van der Waals surface area contributed by atoms with Gasteiger partial charge in [0.15, 0.2) is 5.96 Å². The van der Waals surface area contributed by atoms with E-state index >= 15 is 0 Å². The van der Waals surface area contributed by atoms with Crippen LogP contribution in [0.1, 0.15) is 51.0 Å². The van der Waals surface area contributed by atoms with E-state index < -0.39 is 0 Å². The van der Waals surface area contributed by atoms with Crippen molar-refractivity contribution >= 4 is 41.5 Å². The van der Waals surface area contributed by atoms with Gasteiger partial charge in [0.05, 0.1) is 6.10 Å². The Morgan fingerprint density at radius 1 is 1.32 bits per heavy atom. The average molecular weight is 538 g/mol. The van der Waals surface area contributed by atoms with Crippen molar-refractivity contribution in [2.24, 2.45) is 16.3 Å². The molecule has 5 rings (SSSR count). The van der Waals surface area contributed by atoms with E-state index in [4.69, 9.17) is 4.74 Å². The topological polar surface area (TPSA) is 57.2 Å². The van der Waals surface area contributed by atoms with Crippen LogP contribution in [-0.4, -0.2) is 62.2 Å². The van der Waals surface area contributed by atoms with Crippen LogP contribution >= 0.6 is 24.0 Å². The molecule has 6 nitrogen and oxygen atoms in total. The summed E-state index contributed by atoms with van der Waals surface area (Å²) in [6.07, 6.45) is 4.22. The number of ether oxygens (including phenoxy) is 1. The minimum Gasteiger partial charge on any atom is -0.377 e. The zero-order valence-corrected chi connectivity index (χ0v) is 21.2. The average Bonchev–Trinajstić information content (AvgIpc) is 3.45. The number of carbonyl (C=O) groups excluding carboxylic acids is 1. The van der Waals surface area contributed by atoms with Gasteiger partial charge in [-0.2, -0.15) is 0 Å². The lowest BCUT2D eigenvalue weighted by Crippen LogP contribution is -2.68. The standard InChI is InChI=1S/C24H34N4O2.HI/c1-24(2)21(18-11-14-30-22(18)24)26-23(25-3)28-15-16(17-7-4-5-8-19(17)28)10-13-27-12-6-9-20(27)29;/h4-5,7-8,16,18,21-22H,6,9-15H2,1-3H3,(H,25,26);1H. The lowest BCUT2D eigenvalue weighted by molar-refractivity contribution is -0.127. The molecular weight excluding hydrogens is 503 g/mol. The van der Waals surface area contributed by atoms with Crippen LogP contribution in [0.4, 0.5) is 5.69 Å². The van der Waals surface area contributed by atoms with Crippen LogP contribution in [0.25, 0.3) is 0 Å². The summed E-state index contributed by atoms with van der Waals surface area (Å²) < 4.78 is 5.98. The Kier molecular flexibility index (Phi) is 6.54. The summed E-state index contributed by atoms with van der Waals surface area (Å²) in [5.41, 5.74) is 2.74. The lowest BCUT2D eigenvalue weighted by atomic mass is 9.57. The number of rotatable bonds is 4. The van der Waals surface area contributed by atoms with Gasteiger partial charge in [-0.1, -0.05) is 32.0 Å². The Morgan fingerprint density at radius 3 is 2.87 bits per heavy atom. The molecule has 1 aromatic rings.